The number of allylic oxidation sites excluding steroid dienone is 2. The van der Waals surface area contributed by atoms with Gasteiger partial charge in [-0.2, -0.15) is 12.6 Å². The minimum Gasteiger partial charge on any atom is -0.668 e. The Morgan fingerprint density at radius 2 is 1.38 bits per heavy atom. The van der Waals surface area contributed by atoms with Crippen LogP contribution in [0, 0.1) is 31.1 Å². The average Bonchev–Trinajstić information content (AvgIpc) is 2.08. The van der Waals surface area contributed by atoms with E-state index in [4.69, 9.17) is 5.73 Å². The van der Waals surface area contributed by atoms with Crippen molar-refractivity contribution in [2.45, 2.75) is 11.3 Å². The van der Waals surface area contributed by atoms with E-state index in [0.717, 1.165) is 0 Å². The second kappa shape index (κ2) is 4.87. The predicted octanol–water partition coefficient (Wildman–Crippen LogP) is 3.02. The number of hydrogen-bond acceptors (Lipinski definition) is 1. The Morgan fingerprint density at radius 1 is 1.00 bits per heavy atom. The molecule has 0 fully saturated rings. The molecule has 0 amide bonds. The first kappa shape index (κ1) is 13.6. The van der Waals surface area contributed by atoms with E-state index in [-0.39, 0.29) is 31.1 Å². The fourth-order valence-corrected chi connectivity index (χ4v) is 1.01. The second-order valence-electron chi connectivity index (χ2n) is 2.25. The van der Waals surface area contributed by atoms with Crippen LogP contribution in [0.3, 0.4) is 0 Å². The quantitative estimate of drug-likeness (QED) is 0.446. The topological polar surface area (TPSA) is 23.8 Å². The molecule has 1 aliphatic carbocycles. The first-order valence-electron chi connectivity index (χ1n) is 2.96. The van der Waals surface area contributed by atoms with E-state index >= 15 is 0 Å². The molecule has 0 radical (unpaired) electrons. The van der Waals surface area contributed by atoms with Crippen molar-refractivity contribution in [1.82, 2.24) is 0 Å². The summed E-state index contributed by atoms with van der Waals surface area (Å²) in [6.07, 6.45) is 0. The maximum atomic E-state index is 12.5. The van der Waals surface area contributed by atoms with Gasteiger partial charge in [-0.15, -0.1) is 0 Å². The molecule has 13 heavy (non-hydrogen) atoms. The van der Waals surface area contributed by atoms with Crippen LogP contribution in [-0.4, -0.2) is 11.3 Å². The third kappa shape index (κ3) is 2.32. The van der Waals surface area contributed by atoms with Gasteiger partial charge in [-0.25, -0.2) is 17.6 Å². The molecule has 0 saturated carbocycles. The number of halogens is 4. The summed E-state index contributed by atoms with van der Waals surface area (Å²) in [6.45, 7) is 0. The Balaban J connectivity index is 0.00000144. The van der Waals surface area contributed by atoms with Gasteiger partial charge in [0.05, 0.1) is 0 Å². The fourth-order valence-electron chi connectivity index (χ4n) is 0.761. The summed E-state index contributed by atoms with van der Waals surface area (Å²) >= 11 is 3.41. The van der Waals surface area contributed by atoms with E-state index in [2.05, 4.69) is 12.6 Å². The van der Waals surface area contributed by atoms with Crippen LogP contribution in [0.25, 0.3) is 5.73 Å². The van der Waals surface area contributed by atoms with Crippen molar-refractivity contribution in [2.24, 2.45) is 0 Å². The van der Waals surface area contributed by atoms with Gasteiger partial charge in [-0.05, 0) is 0 Å². The zero-order valence-electron chi connectivity index (χ0n) is 6.11. The summed E-state index contributed by atoms with van der Waals surface area (Å²) in [5.74, 6) is -6.97. The standard InChI is InChI=1S/C6H4F4NS.U/c7-1-2(8)4(10)6(12)5(11)3(1)9;/h5-6,11-12H;/q-1;/t5?,6-;/m0./s1. The Labute approximate surface area is 101 Å². The predicted molar refractivity (Wildman–Crippen MR) is 39.4 cm³/mol. The molecule has 1 rings (SSSR count). The van der Waals surface area contributed by atoms with Crippen molar-refractivity contribution >= 4 is 12.6 Å². The number of hydrogen-bond donors (Lipinski definition) is 1. The molecule has 1 N–H and O–H groups in total. The second-order valence-corrected chi connectivity index (χ2v) is 2.80. The molecule has 0 aromatic carbocycles. The van der Waals surface area contributed by atoms with Crippen molar-refractivity contribution in [3.05, 3.63) is 29.0 Å². The molecule has 2 atom stereocenters. The normalized spacial score (nSPS) is 29.1. The number of rotatable bonds is 0. The van der Waals surface area contributed by atoms with Gasteiger partial charge in [-0.1, -0.05) is 6.04 Å². The molecule has 0 bridgehead atoms. The zero-order chi connectivity index (χ0) is 9.46. The van der Waals surface area contributed by atoms with Crippen molar-refractivity contribution in [2.75, 3.05) is 0 Å². The summed E-state index contributed by atoms with van der Waals surface area (Å²) in [4.78, 5) is 0. The first-order valence-corrected chi connectivity index (χ1v) is 3.48. The summed E-state index contributed by atoms with van der Waals surface area (Å²) in [5.41, 5.74) is 6.84. The molecule has 1 unspecified atom stereocenters. The van der Waals surface area contributed by atoms with Gasteiger partial charge in [-0.3, -0.25) is 0 Å². The van der Waals surface area contributed by atoms with Crippen molar-refractivity contribution < 1.29 is 48.7 Å². The molecular formula is C6H4F4NSU-. The molecule has 0 saturated heterocycles. The third-order valence-electron chi connectivity index (χ3n) is 1.46. The summed E-state index contributed by atoms with van der Waals surface area (Å²) in [6, 6.07) is -1.81. The largest absolute Gasteiger partial charge is 0.668 e. The van der Waals surface area contributed by atoms with Crippen molar-refractivity contribution in [1.29, 1.82) is 0 Å². The smallest absolute Gasteiger partial charge is 0.193 e. The molecule has 1 aliphatic rings. The van der Waals surface area contributed by atoms with Crippen LogP contribution in [0.2, 0.25) is 0 Å². The molecule has 0 aliphatic heterocycles. The Hall–Kier alpha value is 0.562. The van der Waals surface area contributed by atoms with Crippen LogP contribution < -0.4 is 0 Å². The van der Waals surface area contributed by atoms with Crippen LogP contribution in [-0.2, 0) is 0 Å². The summed E-state index contributed by atoms with van der Waals surface area (Å²) in [7, 11) is 0. The molecular weight excluding hydrogens is 432 g/mol. The monoisotopic (exact) mass is 436 g/mol. The van der Waals surface area contributed by atoms with Gasteiger partial charge < -0.3 is 5.73 Å². The molecule has 0 aromatic heterocycles. The van der Waals surface area contributed by atoms with E-state index < -0.39 is 34.6 Å². The van der Waals surface area contributed by atoms with E-state index in [0.29, 0.717) is 0 Å². The summed E-state index contributed by atoms with van der Waals surface area (Å²) in [5, 5.41) is -1.57. The molecule has 72 valence electrons. The zero-order valence-corrected chi connectivity index (χ0v) is 11.2. The minimum atomic E-state index is -1.93. The van der Waals surface area contributed by atoms with Gasteiger partial charge in [0.2, 0.25) is 0 Å². The van der Waals surface area contributed by atoms with E-state index in [1.165, 1.54) is 0 Å². The minimum absolute atomic E-state index is 0. The van der Waals surface area contributed by atoms with Gasteiger partial charge >= 0.3 is 0 Å². The fraction of sp³-hybridized carbons (Fsp3) is 0.333. The number of nitrogens with one attached hydrogen (secondary N) is 1. The van der Waals surface area contributed by atoms with Crippen LogP contribution in [0.4, 0.5) is 17.6 Å². The summed E-state index contributed by atoms with van der Waals surface area (Å²) < 4.78 is 49.7. The van der Waals surface area contributed by atoms with E-state index in [9.17, 15) is 17.6 Å². The SMILES string of the molecule is [NH-]C1C(F)=C(F)C(F)=C(F)[C@@H]1S.[U]. The molecule has 0 spiro atoms. The maximum absolute atomic E-state index is 12.5. The average molecular weight is 436 g/mol. The van der Waals surface area contributed by atoms with E-state index in [1.807, 2.05) is 0 Å². The van der Waals surface area contributed by atoms with Crippen LogP contribution >= 0.6 is 12.6 Å². The molecule has 0 aromatic rings. The van der Waals surface area contributed by atoms with Crippen LogP contribution in [0.5, 0.6) is 0 Å². The van der Waals surface area contributed by atoms with Gasteiger partial charge in [0.25, 0.3) is 0 Å². The van der Waals surface area contributed by atoms with Crippen LogP contribution in [0.15, 0.2) is 23.3 Å². The Bertz CT molecular complexity index is 250. The van der Waals surface area contributed by atoms with Gasteiger partial charge in [0.1, 0.15) is 5.83 Å². The maximum Gasteiger partial charge on any atom is 0.193 e. The number of thiol groups is 1. The van der Waals surface area contributed by atoms with Crippen molar-refractivity contribution in [3.8, 4) is 0 Å². The molecule has 1 nitrogen and oxygen atoms in total. The first-order chi connectivity index (χ1) is 5.46. The van der Waals surface area contributed by atoms with Gasteiger partial charge in [0.15, 0.2) is 17.5 Å². The Morgan fingerprint density at radius 3 is 1.85 bits per heavy atom. The Kier molecular flexibility index (Phi) is 5.08. The van der Waals surface area contributed by atoms with Gasteiger partial charge in [0, 0.05) is 36.4 Å². The third-order valence-corrected chi connectivity index (χ3v) is 1.99. The van der Waals surface area contributed by atoms with Crippen LogP contribution in [0.1, 0.15) is 0 Å². The van der Waals surface area contributed by atoms with E-state index in [1.54, 1.807) is 0 Å². The molecule has 7 heteroatoms. The van der Waals surface area contributed by atoms with Crippen molar-refractivity contribution in [3.63, 3.8) is 0 Å². The molecule has 0 heterocycles.